The molecule has 0 spiro atoms. The first-order valence-corrected chi connectivity index (χ1v) is 6.35. The van der Waals surface area contributed by atoms with Crippen LogP contribution in [-0.4, -0.2) is 29.2 Å². The predicted molar refractivity (Wildman–Crippen MR) is 66.9 cm³/mol. The number of halogens is 2. The van der Waals surface area contributed by atoms with Gasteiger partial charge in [0.1, 0.15) is 10.7 Å². The van der Waals surface area contributed by atoms with Gasteiger partial charge in [0.15, 0.2) is 16.7 Å². The van der Waals surface area contributed by atoms with Gasteiger partial charge in [0.25, 0.3) is 0 Å². The number of nitrogens with one attached hydrogen (secondary N) is 1. The molecule has 17 heavy (non-hydrogen) atoms. The second-order valence-corrected chi connectivity index (χ2v) is 4.75. The first-order valence-electron chi connectivity index (χ1n) is 5.18. The Kier molecular flexibility index (Phi) is 4.15. The van der Waals surface area contributed by atoms with Crippen molar-refractivity contribution in [2.75, 3.05) is 18.5 Å². The Bertz CT molecular complexity index is 456. The molecule has 90 valence electrons. The van der Waals surface area contributed by atoms with Crippen molar-refractivity contribution < 1.29 is 4.74 Å². The number of nitriles is 1. The van der Waals surface area contributed by atoms with Gasteiger partial charge in [-0.1, -0.05) is 11.6 Å². The largest absolute Gasteiger partial charge is 0.381 e. The Labute approximate surface area is 112 Å². The lowest BCUT2D eigenvalue weighted by Gasteiger charge is -2.23. The number of hydrogen-bond acceptors (Lipinski definition) is 5. The molecule has 0 atom stereocenters. The van der Waals surface area contributed by atoms with Gasteiger partial charge < -0.3 is 10.1 Å². The van der Waals surface area contributed by atoms with E-state index >= 15 is 0 Å². The van der Waals surface area contributed by atoms with Crippen molar-refractivity contribution in [1.82, 2.24) is 9.97 Å². The highest BCUT2D eigenvalue weighted by Gasteiger charge is 2.17. The number of aromatic nitrogens is 2. The first kappa shape index (κ1) is 12.6. The minimum absolute atomic E-state index is 0.116. The van der Waals surface area contributed by atoms with Gasteiger partial charge in [0, 0.05) is 19.3 Å². The van der Waals surface area contributed by atoms with Gasteiger partial charge in [-0.25, -0.2) is 9.97 Å². The fraction of sp³-hybridized carbons (Fsp3) is 0.500. The van der Waals surface area contributed by atoms with Crippen LogP contribution >= 0.6 is 27.5 Å². The van der Waals surface area contributed by atoms with Gasteiger partial charge in [-0.15, -0.1) is 0 Å². The summed E-state index contributed by atoms with van der Waals surface area (Å²) >= 11 is 9.11. The van der Waals surface area contributed by atoms with Crippen molar-refractivity contribution in [2.45, 2.75) is 18.9 Å². The summed E-state index contributed by atoms with van der Waals surface area (Å²) in [5, 5.41) is 12.1. The average molecular weight is 318 g/mol. The molecule has 0 amide bonds. The monoisotopic (exact) mass is 316 g/mol. The lowest BCUT2D eigenvalue weighted by molar-refractivity contribution is 0.0903. The van der Waals surface area contributed by atoms with Crippen LogP contribution in [0.3, 0.4) is 0 Å². The van der Waals surface area contributed by atoms with Crippen molar-refractivity contribution in [3.8, 4) is 6.07 Å². The average Bonchev–Trinajstić information content (AvgIpc) is 2.34. The zero-order chi connectivity index (χ0) is 12.3. The maximum absolute atomic E-state index is 8.76. The molecule has 1 aliphatic rings. The Balaban J connectivity index is 2.15. The first-order chi connectivity index (χ1) is 8.20. The minimum atomic E-state index is 0.116. The van der Waals surface area contributed by atoms with Crippen molar-refractivity contribution in [1.29, 1.82) is 5.26 Å². The molecule has 1 aromatic heterocycles. The molecule has 0 aliphatic carbocycles. The summed E-state index contributed by atoms with van der Waals surface area (Å²) in [7, 11) is 0. The Hall–Kier alpha value is -0.900. The third-order valence-electron chi connectivity index (χ3n) is 2.48. The highest BCUT2D eigenvalue weighted by molar-refractivity contribution is 9.10. The predicted octanol–water partition coefficient (Wildman–Crippen LogP) is 2.36. The van der Waals surface area contributed by atoms with Crippen LogP contribution in [0.1, 0.15) is 18.5 Å². The van der Waals surface area contributed by atoms with Gasteiger partial charge >= 0.3 is 0 Å². The van der Waals surface area contributed by atoms with E-state index in [1.807, 2.05) is 6.07 Å². The van der Waals surface area contributed by atoms with E-state index in [4.69, 9.17) is 21.6 Å². The van der Waals surface area contributed by atoms with Crippen molar-refractivity contribution in [3.05, 3.63) is 15.5 Å². The molecule has 1 aromatic rings. The van der Waals surface area contributed by atoms with Crippen LogP contribution in [0.2, 0.25) is 5.15 Å². The molecule has 1 N–H and O–H groups in total. The molecule has 0 unspecified atom stereocenters. The maximum Gasteiger partial charge on any atom is 0.179 e. The zero-order valence-electron chi connectivity index (χ0n) is 8.91. The van der Waals surface area contributed by atoms with E-state index < -0.39 is 0 Å². The van der Waals surface area contributed by atoms with Crippen molar-refractivity contribution in [3.63, 3.8) is 0 Å². The molecular weight excluding hydrogens is 307 g/mol. The Morgan fingerprint density at radius 1 is 1.41 bits per heavy atom. The van der Waals surface area contributed by atoms with E-state index in [1.54, 1.807) is 0 Å². The van der Waals surface area contributed by atoms with E-state index in [2.05, 4.69) is 31.2 Å². The van der Waals surface area contributed by atoms with Crippen molar-refractivity contribution >= 4 is 33.3 Å². The number of anilines is 1. The smallest absolute Gasteiger partial charge is 0.179 e. The van der Waals surface area contributed by atoms with E-state index in [1.165, 1.54) is 0 Å². The summed E-state index contributed by atoms with van der Waals surface area (Å²) < 4.78 is 5.78. The lowest BCUT2D eigenvalue weighted by Crippen LogP contribution is -2.28. The SMILES string of the molecule is N#Cc1nc(Br)c(NC2CCOCC2)nc1Cl. The highest BCUT2D eigenvalue weighted by Crippen LogP contribution is 2.24. The molecule has 0 radical (unpaired) electrons. The molecule has 2 rings (SSSR count). The molecule has 1 fully saturated rings. The van der Waals surface area contributed by atoms with Crippen molar-refractivity contribution in [2.24, 2.45) is 0 Å². The summed E-state index contributed by atoms with van der Waals surface area (Å²) in [6.07, 6.45) is 1.84. The zero-order valence-corrected chi connectivity index (χ0v) is 11.3. The van der Waals surface area contributed by atoms with Gasteiger partial charge in [-0.05, 0) is 28.8 Å². The van der Waals surface area contributed by atoms with E-state index in [0.29, 0.717) is 16.5 Å². The standard InChI is InChI=1S/C10H10BrClN4O/c11-8-10(14-6-1-3-17-4-2-6)16-9(12)7(5-13)15-8/h6H,1-4H2,(H,14,16). The molecule has 1 saturated heterocycles. The second-order valence-electron chi connectivity index (χ2n) is 3.65. The molecule has 5 nitrogen and oxygen atoms in total. The van der Waals surface area contributed by atoms with Crippen LogP contribution in [-0.2, 0) is 4.74 Å². The fourth-order valence-electron chi connectivity index (χ4n) is 1.59. The van der Waals surface area contributed by atoms with Gasteiger partial charge in [-0.3, -0.25) is 0 Å². The topological polar surface area (TPSA) is 70.8 Å². The Morgan fingerprint density at radius 3 is 2.76 bits per heavy atom. The summed E-state index contributed by atoms with van der Waals surface area (Å²) in [5.74, 6) is 0.570. The number of hydrogen-bond donors (Lipinski definition) is 1. The van der Waals surface area contributed by atoms with E-state index in [0.717, 1.165) is 26.1 Å². The van der Waals surface area contributed by atoms with Crippen LogP contribution < -0.4 is 5.32 Å². The Morgan fingerprint density at radius 2 is 2.12 bits per heavy atom. The molecule has 0 bridgehead atoms. The highest BCUT2D eigenvalue weighted by atomic mass is 79.9. The number of nitrogens with zero attached hydrogens (tertiary/aromatic N) is 3. The summed E-state index contributed by atoms with van der Waals surface area (Å²) in [6, 6.07) is 2.19. The fourth-order valence-corrected chi connectivity index (χ4v) is 2.14. The van der Waals surface area contributed by atoms with Crippen LogP contribution in [0.4, 0.5) is 5.82 Å². The number of rotatable bonds is 2. The summed E-state index contributed by atoms with van der Waals surface area (Å²) in [4.78, 5) is 8.14. The summed E-state index contributed by atoms with van der Waals surface area (Å²) in [6.45, 7) is 1.49. The lowest BCUT2D eigenvalue weighted by atomic mass is 10.1. The van der Waals surface area contributed by atoms with Crippen LogP contribution in [0.5, 0.6) is 0 Å². The third kappa shape index (κ3) is 3.06. The summed E-state index contributed by atoms with van der Waals surface area (Å²) in [5.41, 5.74) is 0.121. The van der Waals surface area contributed by atoms with Crippen LogP contribution in [0, 0.1) is 11.3 Å². The maximum atomic E-state index is 8.76. The second kappa shape index (κ2) is 5.63. The molecular formula is C10H10BrClN4O. The van der Waals surface area contributed by atoms with Gasteiger partial charge in [0.2, 0.25) is 0 Å². The molecule has 0 aromatic carbocycles. The number of ether oxygens (including phenoxy) is 1. The van der Waals surface area contributed by atoms with Gasteiger partial charge in [0.05, 0.1) is 0 Å². The minimum Gasteiger partial charge on any atom is -0.381 e. The molecule has 0 saturated carbocycles. The van der Waals surface area contributed by atoms with Crippen LogP contribution in [0.15, 0.2) is 4.60 Å². The third-order valence-corrected chi connectivity index (χ3v) is 3.30. The van der Waals surface area contributed by atoms with E-state index in [9.17, 15) is 0 Å². The quantitative estimate of drug-likeness (QED) is 0.906. The van der Waals surface area contributed by atoms with Crippen LogP contribution in [0.25, 0.3) is 0 Å². The molecule has 7 heteroatoms. The van der Waals surface area contributed by atoms with E-state index in [-0.39, 0.29) is 10.8 Å². The normalized spacial score (nSPS) is 16.5. The molecule has 1 aliphatic heterocycles. The van der Waals surface area contributed by atoms with Gasteiger partial charge in [-0.2, -0.15) is 5.26 Å². The molecule has 2 heterocycles.